The molecule has 3 N–H and O–H groups in total. The van der Waals surface area contributed by atoms with E-state index in [1.165, 1.54) is 0 Å². The van der Waals surface area contributed by atoms with E-state index in [-0.39, 0.29) is 68.5 Å². The number of rotatable bonds is 0. The topological polar surface area (TPSA) is 220 Å². The first kappa shape index (κ1) is 63.6. The number of nitriles is 6. The molecule has 0 aliphatic rings. The van der Waals surface area contributed by atoms with Gasteiger partial charge in [-0.25, -0.2) is 36.1 Å². The number of nitrogens with zero attached hydrogens (tertiary/aromatic N) is 6. The minimum atomic E-state index is -4.64. The van der Waals surface area contributed by atoms with Gasteiger partial charge in [0.25, 0.3) is 0 Å². The van der Waals surface area contributed by atoms with E-state index < -0.39 is 7.82 Å². The van der Waals surface area contributed by atoms with Crippen molar-refractivity contribution < 1.29 is 36.3 Å². The number of hydrogen-bond acceptors (Lipinski definition) is 7. The van der Waals surface area contributed by atoms with Crippen molar-refractivity contribution in [3.05, 3.63) is 0 Å². The normalized spacial score (nSPS) is 3.74. The molecule has 13 heteroatoms. The molecule has 19 heavy (non-hydrogen) atoms. The molecule has 0 unspecified atom stereocenters. The summed E-state index contributed by atoms with van der Waals surface area (Å²) in [5.41, 5.74) is 0. The van der Waals surface area contributed by atoms with E-state index in [2.05, 4.69) is 39.4 Å². The van der Waals surface area contributed by atoms with Crippen LogP contribution in [0.25, 0.3) is 0 Å². The van der Waals surface area contributed by atoms with Gasteiger partial charge in [0, 0.05) is 56.5 Å². The van der Waals surface area contributed by atoms with Crippen LogP contribution in [-0.4, -0.2) is 66.1 Å². The zero-order valence-electron chi connectivity index (χ0n) is 8.70. The Morgan fingerprint density at radius 1 is 0.579 bits per heavy atom. The second-order valence-corrected chi connectivity index (χ2v) is 1.54. The Bertz CT molecular complexity index is 216. The predicted molar refractivity (Wildman–Crippen MR) is 61.4 cm³/mol. The Hall–Kier alpha value is -0.794. The van der Waals surface area contributed by atoms with Crippen LogP contribution in [0.1, 0.15) is 0 Å². The van der Waals surface area contributed by atoms with Crippen LogP contribution in [-0.2, 0) is 21.6 Å². The minimum absolute atomic E-state index is 0. The standard InChI is InChI=1S/6CHN.Fe.K.H3O4P.H/c6*1-2;;;1-5(2,3)4;/h6*1H;;;(H3,1,2,3,4);. The van der Waals surface area contributed by atoms with E-state index in [0.29, 0.717) is 0 Å². The summed E-state index contributed by atoms with van der Waals surface area (Å²) in [6.07, 6.45) is 0. The molecule has 0 saturated heterocycles. The van der Waals surface area contributed by atoms with Gasteiger partial charge in [0.2, 0.25) is 0 Å². The Morgan fingerprint density at radius 2 is 0.579 bits per heavy atom. The molecule has 0 fully saturated rings. The van der Waals surface area contributed by atoms with Gasteiger partial charge in [-0.3, -0.25) is 0 Å². The van der Waals surface area contributed by atoms with Crippen LogP contribution in [0.4, 0.5) is 0 Å². The summed E-state index contributed by atoms with van der Waals surface area (Å²) in [6.45, 7) is 21.0. The number of phosphoric acid groups is 1. The van der Waals surface area contributed by atoms with Crippen molar-refractivity contribution in [3.8, 4) is 39.4 Å². The predicted octanol–water partition coefficient (Wildman–Crippen LogP) is -0.741. The quantitative estimate of drug-likeness (QED) is 0.364. The van der Waals surface area contributed by atoms with Crippen LogP contribution in [0, 0.1) is 71.0 Å². The molecular weight excluding hydrogens is 346 g/mol. The first-order valence-corrected chi connectivity index (χ1v) is 3.90. The van der Waals surface area contributed by atoms with Gasteiger partial charge in [-0.15, -0.1) is 0 Å². The fraction of sp³-hybridized carbons (Fsp3) is 0. The molecule has 0 rings (SSSR count). The van der Waals surface area contributed by atoms with Gasteiger partial charge in [-0.05, 0) is 0 Å². The molecule has 0 bridgehead atoms. The van der Waals surface area contributed by atoms with E-state index >= 15 is 0 Å². The van der Waals surface area contributed by atoms with Gasteiger partial charge in [0.15, 0.2) is 0 Å². The van der Waals surface area contributed by atoms with Gasteiger partial charge < -0.3 is 14.7 Å². The first-order chi connectivity index (χ1) is 8.00. The first-order valence-electron chi connectivity index (χ1n) is 2.33. The van der Waals surface area contributed by atoms with Gasteiger partial charge in [-0.1, -0.05) is 0 Å². The molecule has 0 aromatic rings. The van der Waals surface area contributed by atoms with Crippen LogP contribution < -0.4 is 0 Å². The van der Waals surface area contributed by atoms with E-state index in [4.69, 9.17) is 50.8 Å². The molecule has 10 nitrogen and oxygen atoms in total. The number of hydrogen-bond donors (Lipinski definition) is 3. The van der Waals surface area contributed by atoms with E-state index in [1.54, 1.807) is 0 Å². The SMILES string of the molecule is C#N.C#N.C#N.C#N.C#N.C#N.O=P(O)(O)O.[Fe].[KH]. The molecule has 0 spiro atoms. The summed E-state index contributed by atoms with van der Waals surface area (Å²) in [5.74, 6) is 0. The average Bonchev–Trinajstić information content (AvgIpc) is 2.41. The third-order valence-corrected chi connectivity index (χ3v) is 0. The zero-order chi connectivity index (χ0) is 16.5. The van der Waals surface area contributed by atoms with Crippen LogP contribution in [0.15, 0.2) is 0 Å². The van der Waals surface area contributed by atoms with Crippen molar-refractivity contribution in [2.75, 3.05) is 0 Å². The van der Waals surface area contributed by atoms with Gasteiger partial charge in [0.1, 0.15) is 0 Å². The maximum atomic E-state index is 8.88. The van der Waals surface area contributed by atoms with Crippen molar-refractivity contribution in [1.29, 1.82) is 31.6 Å². The summed E-state index contributed by atoms with van der Waals surface area (Å²) in [6, 6.07) is 0. The molecule has 0 amide bonds. The Balaban J connectivity index is -0.00000000912. The van der Waals surface area contributed by atoms with E-state index in [0.717, 1.165) is 0 Å². The monoisotopic (exact) mass is 356 g/mol. The zero-order valence-corrected chi connectivity index (χ0v) is 10.7. The van der Waals surface area contributed by atoms with Crippen molar-refractivity contribution in [1.82, 2.24) is 0 Å². The third kappa shape index (κ3) is 6310. The van der Waals surface area contributed by atoms with E-state index in [1.807, 2.05) is 0 Å². The maximum absolute atomic E-state index is 8.88. The molecule has 0 saturated carbocycles. The average molecular weight is 356 g/mol. The Labute approximate surface area is 164 Å². The molecule has 0 aliphatic heterocycles. The third-order valence-electron chi connectivity index (χ3n) is 0. The summed E-state index contributed by atoms with van der Waals surface area (Å²) < 4.78 is 8.88. The molecular formula is C6H10FeKN6O4P. The van der Waals surface area contributed by atoms with Crippen molar-refractivity contribution >= 4 is 59.2 Å². The summed E-state index contributed by atoms with van der Waals surface area (Å²) in [5, 5.41) is 39.0. The molecule has 0 aliphatic carbocycles. The van der Waals surface area contributed by atoms with Crippen LogP contribution in [0.3, 0.4) is 0 Å². The van der Waals surface area contributed by atoms with E-state index in [9.17, 15) is 0 Å². The molecule has 0 heterocycles. The van der Waals surface area contributed by atoms with Crippen LogP contribution >= 0.6 is 7.82 Å². The molecule has 102 valence electrons. The Kier molecular flexibility index (Phi) is 558. The van der Waals surface area contributed by atoms with Crippen molar-refractivity contribution in [2.24, 2.45) is 0 Å². The second-order valence-electron chi connectivity index (χ2n) is 0.513. The second kappa shape index (κ2) is 167. The summed E-state index contributed by atoms with van der Waals surface area (Å²) in [7, 11) is -4.64. The molecule has 0 aromatic heterocycles. The molecule has 0 radical (unpaired) electrons. The fourth-order valence-electron chi connectivity index (χ4n) is 0. The summed E-state index contributed by atoms with van der Waals surface area (Å²) >= 11 is 0. The van der Waals surface area contributed by atoms with Crippen LogP contribution in [0.2, 0.25) is 0 Å². The van der Waals surface area contributed by atoms with Crippen molar-refractivity contribution in [3.63, 3.8) is 0 Å². The summed E-state index contributed by atoms with van der Waals surface area (Å²) in [4.78, 5) is 21.6. The van der Waals surface area contributed by atoms with Gasteiger partial charge >= 0.3 is 59.2 Å². The fourth-order valence-corrected chi connectivity index (χ4v) is 0. The van der Waals surface area contributed by atoms with Crippen LogP contribution in [0.5, 0.6) is 0 Å². The molecule has 0 atom stereocenters. The molecule has 0 aromatic carbocycles. The van der Waals surface area contributed by atoms with Gasteiger partial charge in [-0.2, -0.15) is 0 Å². The van der Waals surface area contributed by atoms with Crippen molar-refractivity contribution in [2.45, 2.75) is 0 Å². The Morgan fingerprint density at radius 3 is 0.579 bits per heavy atom. The van der Waals surface area contributed by atoms with Gasteiger partial charge in [0.05, 0.1) is 0 Å².